The van der Waals surface area contributed by atoms with Crippen LogP contribution in [0.1, 0.15) is 24.0 Å². The van der Waals surface area contributed by atoms with E-state index < -0.39 is 5.92 Å². The summed E-state index contributed by atoms with van der Waals surface area (Å²) in [5.41, 5.74) is 7.97. The third kappa shape index (κ3) is 3.29. The summed E-state index contributed by atoms with van der Waals surface area (Å²) in [6, 6.07) is 11.3. The number of rotatable bonds is 6. The third-order valence-corrected chi connectivity index (χ3v) is 4.67. The van der Waals surface area contributed by atoms with Crippen LogP contribution in [0.3, 0.4) is 0 Å². The Morgan fingerprint density at radius 1 is 1.17 bits per heavy atom. The smallest absolute Gasteiger partial charge is 0.231 e. The summed E-state index contributed by atoms with van der Waals surface area (Å²) in [5.74, 6) is 2.52. The molecule has 2 aliphatic heterocycles. The van der Waals surface area contributed by atoms with E-state index in [0.29, 0.717) is 47.5 Å². The summed E-state index contributed by atoms with van der Waals surface area (Å²) in [4.78, 5) is 0. The van der Waals surface area contributed by atoms with Gasteiger partial charge in [-0.15, -0.1) is 0 Å². The van der Waals surface area contributed by atoms with E-state index in [1.807, 2.05) is 31.2 Å². The lowest BCUT2D eigenvalue weighted by molar-refractivity contribution is 0.174. The van der Waals surface area contributed by atoms with Crippen molar-refractivity contribution in [1.29, 1.82) is 5.26 Å². The molecule has 4 rings (SSSR count). The molecular weight excluding hydrogens is 372 g/mol. The molecule has 2 aliphatic rings. The van der Waals surface area contributed by atoms with Gasteiger partial charge in [-0.3, -0.25) is 0 Å². The highest BCUT2D eigenvalue weighted by atomic mass is 16.7. The minimum atomic E-state index is -0.439. The molecule has 148 valence electrons. The molecule has 0 bridgehead atoms. The molecule has 2 N–H and O–H groups in total. The summed E-state index contributed by atoms with van der Waals surface area (Å²) in [7, 11) is 0. The van der Waals surface area contributed by atoms with Gasteiger partial charge in [-0.25, -0.2) is 0 Å². The van der Waals surface area contributed by atoms with E-state index in [0.717, 1.165) is 11.1 Å². The third-order valence-electron chi connectivity index (χ3n) is 4.67. The minimum Gasteiger partial charge on any atom is -0.490 e. The average Bonchev–Trinajstić information content (AvgIpc) is 3.18. The zero-order valence-electron chi connectivity index (χ0n) is 15.9. The van der Waals surface area contributed by atoms with Gasteiger partial charge < -0.3 is 29.4 Å². The molecule has 2 heterocycles. The Morgan fingerprint density at radius 3 is 2.69 bits per heavy atom. The summed E-state index contributed by atoms with van der Waals surface area (Å²) in [5, 5.41) is 9.76. The lowest BCUT2D eigenvalue weighted by Crippen LogP contribution is -2.21. The van der Waals surface area contributed by atoms with Gasteiger partial charge in [-0.05, 0) is 30.7 Å². The highest BCUT2D eigenvalue weighted by molar-refractivity contribution is 5.62. The molecule has 0 aliphatic carbocycles. The Kier molecular flexibility index (Phi) is 4.92. The molecule has 0 unspecified atom stereocenters. The molecule has 2 aromatic carbocycles. The number of benzene rings is 2. The maximum absolute atomic E-state index is 9.76. The normalized spacial score (nSPS) is 16.5. The number of nitrogens with two attached hydrogens (primary N) is 1. The molecule has 7 heteroatoms. The van der Waals surface area contributed by atoms with Crippen molar-refractivity contribution < 1.29 is 23.7 Å². The fraction of sp³-hybridized carbons (Fsp3) is 0.227. The van der Waals surface area contributed by atoms with Gasteiger partial charge in [-0.1, -0.05) is 18.7 Å². The summed E-state index contributed by atoms with van der Waals surface area (Å²) in [6.07, 6.45) is 1.66. The van der Waals surface area contributed by atoms with Crippen molar-refractivity contribution in [2.24, 2.45) is 5.73 Å². The van der Waals surface area contributed by atoms with Gasteiger partial charge in [0.2, 0.25) is 12.7 Å². The molecule has 2 aromatic rings. The fourth-order valence-electron chi connectivity index (χ4n) is 3.43. The van der Waals surface area contributed by atoms with Crippen LogP contribution in [0, 0.1) is 11.3 Å². The Labute approximate surface area is 168 Å². The molecule has 0 spiro atoms. The van der Waals surface area contributed by atoms with E-state index in [1.165, 1.54) is 0 Å². The van der Waals surface area contributed by atoms with Crippen molar-refractivity contribution in [3.8, 4) is 34.8 Å². The first-order chi connectivity index (χ1) is 14.2. The second kappa shape index (κ2) is 7.68. The second-order valence-corrected chi connectivity index (χ2v) is 6.41. The lowest BCUT2D eigenvalue weighted by atomic mass is 9.83. The number of allylic oxidation sites excluding steroid dienone is 1. The standard InChI is InChI=1S/C22H20N2O5/c1-3-7-26-16-6-5-13(8-18(16)25-4-2)21-14-9-19-20(28-12-27-19)10-17(14)29-22(24)15(21)11-23/h3,5-6,8-10,21H,1,4,7,12,24H2,2H3/t21-/m0/s1. The number of hydrogen-bond donors (Lipinski definition) is 1. The van der Waals surface area contributed by atoms with Crippen LogP contribution in [0.5, 0.6) is 28.7 Å². The molecule has 0 saturated carbocycles. The van der Waals surface area contributed by atoms with Gasteiger partial charge in [0, 0.05) is 11.6 Å². The molecule has 29 heavy (non-hydrogen) atoms. The van der Waals surface area contributed by atoms with Crippen LogP contribution in [-0.2, 0) is 0 Å². The summed E-state index contributed by atoms with van der Waals surface area (Å²) in [6.45, 7) is 6.54. The lowest BCUT2D eigenvalue weighted by Gasteiger charge is -2.27. The van der Waals surface area contributed by atoms with Gasteiger partial charge in [0.05, 0.1) is 12.5 Å². The van der Waals surface area contributed by atoms with Gasteiger partial charge in [0.25, 0.3) is 0 Å². The van der Waals surface area contributed by atoms with Crippen LogP contribution >= 0.6 is 0 Å². The summed E-state index contributed by atoms with van der Waals surface area (Å²) >= 11 is 0. The quantitative estimate of drug-likeness (QED) is 0.751. The van der Waals surface area contributed by atoms with Crippen molar-refractivity contribution in [3.05, 3.63) is 65.6 Å². The first kappa shape index (κ1) is 18.6. The van der Waals surface area contributed by atoms with Crippen LogP contribution < -0.4 is 29.4 Å². The SMILES string of the molecule is C=CCOc1ccc([C@@H]2C(C#N)=C(N)Oc3cc4c(cc32)OCO4)cc1OCC. The second-order valence-electron chi connectivity index (χ2n) is 6.41. The maximum atomic E-state index is 9.76. The van der Waals surface area contributed by atoms with E-state index >= 15 is 0 Å². The Hall–Kier alpha value is -3.79. The maximum Gasteiger partial charge on any atom is 0.231 e. The molecule has 0 radical (unpaired) electrons. The predicted molar refractivity (Wildman–Crippen MR) is 105 cm³/mol. The van der Waals surface area contributed by atoms with Gasteiger partial charge in [-0.2, -0.15) is 5.26 Å². The fourth-order valence-corrected chi connectivity index (χ4v) is 3.43. The van der Waals surface area contributed by atoms with E-state index in [2.05, 4.69) is 12.6 Å². The van der Waals surface area contributed by atoms with Gasteiger partial charge >= 0.3 is 0 Å². The van der Waals surface area contributed by atoms with E-state index in [-0.39, 0.29) is 12.7 Å². The Balaban J connectivity index is 1.84. The first-order valence-electron chi connectivity index (χ1n) is 9.17. The topological polar surface area (TPSA) is 96.0 Å². The van der Waals surface area contributed by atoms with Crippen LogP contribution in [0.15, 0.2) is 54.4 Å². The van der Waals surface area contributed by atoms with Crippen molar-refractivity contribution in [2.45, 2.75) is 12.8 Å². The van der Waals surface area contributed by atoms with Crippen LogP contribution in [0.4, 0.5) is 0 Å². The monoisotopic (exact) mass is 392 g/mol. The molecular formula is C22H20N2O5. The zero-order chi connectivity index (χ0) is 20.4. The summed E-state index contributed by atoms with van der Waals surface area (Å²) < 4.78 is 28.1. The average molecular weight is 392 g/mol. The molecule has 1 atom stereocenters. The van der Waals surface area contributed by atoms with Crippen LogP contribution in [-0.4, -0.2) is 20.0 Å². The van der Waals surface area contributed by atoms with Crippen LogP contribution in [0.2, 0.25) is 0 Å². The highest BCUT2D eigenvalue weighted by Gasteiger charge is 2.33. The number of nitrogens with zero attached hydrogens (tertiary/aromatic N) is 1. The largest absolute Gasteiger partial charge is 0.490 e. The van der Waals surface area contributed by atoms with E-state index in [9.17, 15) is 5.26 Å². The van der Waals surface area contributed by atoms with Crippen LogP contribution in [0.25, 0.3) is 0 Å². The Bertz CT molecular complexity index is 1040. The Morgan fingerprint density at radius 2 is 1.97 bits per heavy atom. The molecule has 0 fully saturated rings. The van der Waals surface area contributed by atoms with Crippen molar-refractivity contribution in [2.75, 3.05) is 20.0 Å². The highest BCUT2D eigenvalue weighted by Crippen LogP contribution is 2.48. The van der Waals surface area contributed by atoms with Crippen molar-refractivity contribution in [3.63, 3.8) is 0 Å². The van der Waals surface area contributed by atoms with Gasteiger partial charge in [0.15, 0.2) is 23.0 Å². The van der Waals surface area contributed by atoms with E-state index in [1.54, 1.807) is 12.1 Å². The van der Waals surface area contributed by atoms with Crippen molar-refractivity contribution >= 4 is 0 Å². The molecule has 7 nitrogen and oxygen atoms in total. The number of nitriles is 1. The van der Waals surface area contributed by atoms with E-state index in [4.69, 9.17) is 29.4 Å². The predicted octanol–water partition coefficient (Wildman–Crippen LogP) is 3.60. The number of ether oxygens (including phenoxy) is 5. The number of hydrogen-bond acceptors (Lipinski definition) is 7. The number of fused-ring (bicyclic) bond motifs is 2. The molecule has 0 saturated heterocycles. The van der Waals surface area contributed by atoms with Crippen molar-refractivity contribution in [1.82, 2.24) is 0 Å². The van der Waals surface area contributed by atoms with Gasteiger partial charge in [0.1, 0.15) is 24.0 Å². The molecule has 0 aromatic heterocycles. The zero-order valence-corrected chi connectivity index (χ0v) is 15.9. The minimum absolute atomic E-state index is 0.0637. The molecule has 0 amide bonds. The first-order valence-corrected chi connectivity index (χ1v) is 9.17.